The maximum Gasteiger partial charge on any atom is 0.325 e. The second-order valence-electron chi connectivity index (χ2n) is 7.14. The van der Waals surface area contributed by atoms with Gasteiger partial charge in [-0.1, -0.05) is 17.7 Å². The number of aromatic nitrogens is 1. The SMILES string of the molecule is COc1ccc(C2(C)NC(=O)N(Cc3ncc(-c4ccc(Cl)cc4)o3)C2=O)cc1OC. The van der Waals surface area contributed by atoms with Gasteiger partial charge >= 0.3 is 6.03 Å². The number of carbonyl (C=O) groups excluding carboxylic acids is 2. The minimum atomic E-state index is -1.26. The van der Waals surface area contributed by atoms with Crippen LogP contribution in [0.2, 0.25) is 5.02 Å². The number of methoxy groups -OCH3 is 2. The van der Waals surface area contributed by atoms with Crippen LogP contribution in [0, 0.1) is 0 Å². The van der Waals surface area contributed by atoms with Crippen molar-refractivity contribution in [3.8, 4) is 22.8 Å². The summed E-state index contributed by atoms with van der Waals surface area (Å²) in [5.41, 5.74) is 0.0955. The Morgan fingerprint density at radius 1 is 1.10 bits per heavy atom. The molecular formula is C22H20ClN3O5. The van der Waals surface area contributed by atoms with Gasteiger partial charge in [0.1, 0.15) is 12.1 Å². The van der Waals surface area contributed by atoms with Crippen molar-refractivity contribution in [3.05, 3.63) is 65.1 Å². The van der Waals surface area contributed by atoms with Gasteiger partial charge in [-0.2, -0.15) is 0 Å². The van der Waals surface area contributed by atoms with Crippen molar-refractivity contribution in [1.82, 2.24) is 15.2 Å². The van der Waals surface area contributed by atoms with E-state index in [1.54, 1.807) is 55.6 Å². The van der Waals surface area contributed by atoms with Crippen LogP contribution < -0.4 is 14.8 Å². The fourth-order valence-corrected chi connectivity index (χ4v) is 3.58. The van der Waals surface area contributed by atoms with Crippen LogP contribution in [0.5, 0.6) is 11.5 Å². The Hall–Kier alpha value is -3.52. The van der Waals surface area contributed by atoms with Gasteiger partial charge in [0.25, 0.3) is 5.91 Å². The largest absolute Gasteiger partial charge is 0.493 e. The zero-order valence-electron chi connectivity index (χ0n) is 17.1. The molecule has 3 amide bonds. The molecule has 1 saturated heterocycles. The van der Waals surface area contributed by atoms with Gasteiger partial charge in [-0.15, -0.1) is 0 Å². The highest BCUT2D eigenvalue weighted by molar-refractivity contribution is 6.30. The lowest BCUT2D eigenvalue weighted by molar-refractivity contribution is -0.131. The van der Waals surface area contributed by atoms with Gasteiger partial charge in [-0.25, -0.2) is 9.78 Å². The van der Waals surface area contributed by atoms with Crippen LogP contribution >= 0.6 is 11.6 Å². The van der Waals surface area contributed by atoms with Crippen LogP contribution in [0.15, 0.2) is 53.1 Å². The van der Waals surface area contributed by atoms with E-state index in [1.807, 2.05) is 0 Å². The van der Waals surface area contributed by atoms with Crippen molar-refractivity contribution in [2.75, 3.05) is 14.2 Å². The molecule has 0 saturated carbocycles. The average Bonchev–Trinajstić information content (AvgIpc) is 3.33. The number of hydrogen-bond donors (Lipinski definition) is 1. The minimum absolute atomic E-state index is 0.0961. The summed E-state index contributed by atoms with van der Waals surface area (Å²) in [7, 11) is 3.03. The number of nitrogens with zero attached hydrogens (tertiary/aromatic N) is 2. The van der Waals surface area contributed by atoms with E-state index in [0.29, 0.717) is 27.8 Å². The summed E-state index contributed by atoms with van der Waals surface area (Å²) in [6.45, 7) is 1.55. The van der Waals surface area contributed by atoms with E-state index in [2.05, 4.69) is 10.3 Å². The molecule has 2 heterocycles. The second kappa shape index (κ2) is 7.96. The predicted molar refractivity (Wildman–Crippen MR) is 113 cm³/mol. The van der Waals surface area contributed by atoms with Gasteiger partial charge in [0.15, 0.2) is 17.3 Å². The van der Waals surface area contributed by atoms with Crippen molar-refractivity contribution in [3.63, 3.8) is 0 Å². The highest BCUT2D eigenvalue weighted by atomic mass is 35.5. The predicted octanol–water partition coefficient (Wildman–Crippen LogP) is 3.98. The first-order chi connectivity index (χ1) is 14.9. The quantitative estimate of drug-likeness (QED) is 0.581. The first-order valence-electron chi connectivity index (χ1n) is 9.43. The first-order valence-corrected chi connectivity index (χ1v) is 9.81. The van der Waals surface area contributed by atoms with Crippen LogP contribution in [0.1, 0.15) is 18.4 Å². The maximum atomic E-state index is 13.2. The molecule has 9 heteroatoms. The lowest BCUT2D eigenvalue weighted by Gasteiger charge is -2.23. The number of halogens is 1. The second-order valence-corrected chi connectivity index (χ2v) is 7.58. The first kappa shape index (κ1) is 20.7. The van der Waals surface area contributed by atoms with Crippen molar-refractivity contribution >= 4 is 23.5 Å². The fourth-order valence-electron chi connectivity index (χ4n) is 3.45. The third-order valence-corrected chi connectivity index (χ3v) is 5.46. The number of ether oxygens (including phenoxy) is 2. The van der Waals surface area contributed by atoms with E-state index in [-0.39, 0.29) is 12.4 Å². The van der Waals surface area contributed by atoms with E-state index in [4.69, 9.17) is 25.5 Å². The molecule has 8 nitrogen and oxygen atoms in total. The molecule has 0 aliphatic carbocycles. The Bertz CT molecular complexity index is 1140. The molecule has 0 bridgehead atoms. The van der Waals surface area contributed by atoms with E-state index in [1.165, 1.54) is 14.2 Å². The molecule has 160 valence electrons. The fraction of sp³-hybridized carbons (Fsp3) is 0.227. The van der Waals surface area contributed by atoms with Crippen LogP contribution in [0.25, 0.3) is 11.3 Å². The minimum Gasteiger partial charge on any atom is -0.493 e. The number of carbonyl (C=O) groups is 2. The number of nitrogens with one attached hydrogen (secondary N) is 1. The molecule has 0 spiro atoms. The van der Waals surface area contributed by atoms with E-state index in [9.17, 15) is 9.59 Å². The Labute approximate surface area is 183 Å². The van der Waals surface area contributed by atoms with Crippen LogP contribution in [-0.4, -0.2) is 36.0 Å². The Morgan fingerprint density at radius 2 is 1.81 bits per heavy atom. The third-order valence-electron chi connectivity index (χ3n) is 5.21. The molecule has 4 rings (SSSR count). The van der Waals surface area contributed by atoms with Gasteiger partial charge < -0.3 is 19.2 Å². The molecule has 1 aliphatic heterocycles. The van der Waals surface area contributed by atoms with E-state index < -0.39 is 17.5 Å². The normalized spacial score (nSPS) is 18.3. The van der Waals surface area contributed by atoms with Gasteiger partial charge in [-0.3, -0.25) is 9.69 Å². The number of urea groups is 1. The average molecular weight is 442 g/mol. The van der Waals surface area contributed by atoms with Crippen molar-refractivity contribution in [2.24, 2.45) is 0 Å². The molecule has 1 aromatic heterocycles. The summed E-state index contributed by atoms with van der Waals surface area (Å²) < 4.78 is 16.3. The van der Waals surface area contributed by atoms with Gasteiger partial charge in [0.05, 0.1) is 20.4 Å². The Morgan fingerprint density at radius 3 is 2.48 bits per heavy atom. The highest BCUT2D eigenvalue weighted by Gasteiger charge is 2.49. The molecule has 31 heavy (non-hydrogen) atoms. The van der Waals surface area contributed by atoms with Crippen molar-refractivity contribution in [1.29, 1.82) is 0 Å². The molecule has 1 aliphatic rings. The summed E-state index contributed by atoms with van der Waals surface area (Å²) in [5.74, 6) is 1.32. The smallest absolute Gasteiger partial charge is 0.325 e. The Balaban J connectivity index is 1.57. The Kier molecular flexibility index (Phi) is 5.32. The standard InChI is InChI=1S/C22H20ClN3O5/c1-22(14-6-9-16(29-2)17(10-14)30-3)20(27)26(21(28)25-22)12-19-24-11-18(31-19)13-4-7-15(23)8-5-13/h4-11H,12H2,1-3H3,(H,25,28). The van der Waals surface area contributed by atoms with Gasteiger partial charge in [0.2, 0.25) is 5.89 Å². The summed E-state index contributed by atoms with van der Waals surface area (Å²) in [6.07, 6.45) is 1.55. The van der Waals surface area contributed by atoms with Gasteiger partial charge in [0, 0.05) is 10.6 Å². The lowest BCUT2D eigenvalue weighted by atomic mass is 9.91. The number of imide groups is 1. The number of rotatable bonds is 6. The number of amides is 3. The van der Waals surface area contributed by atoms with Crippen LogP contribution in [0.4, 0.5) is 4.79 Å². The summed E-state index contributed by atoms with van der Waals surface area (Å²) in [6, 6.07) is 11.6. The van der Waals surface area contributed by atoms with Crippen LogP contribution in [0.3, 0.4) is 0 Å². The van der Waals surface area contributed by atoms with Crippen LogP contribution in [-0.2, 0) is 16.9 Å². The van der Waals surface area contributed by atoms with Gasteiger partial charge in [-0.05, 0) is 48.9 Å². The molecule has 0 radical (unpaired) electrons. The topological polar surface area (TPSA) is 93.9 Å². The molecular weight excluding hydrogens is 422 g/mol. The summed E-state index contributed by atoms with van der Waals surface area (Å²) >= 11 is 5.91. The maximum absolute atomic E-state index is 13.2. The highest BCUT2D eigenvalue weighted by Crippen LogP contribution is 2.36. The molecule has 2 aromatic carbocycles. The van der Waals surface area contributed by atoms with E-state index >= 15 is 0 Å². The monoisotopic (exact) mass is 441 g/mol. The van der Waals surface area contributed by atoms with Crippen molar-refractivity contribution in [2.45, 2.75) is 19.0 Å². The molecule has 1 fully saturated rings. The zero-order valence-corrected chi connectivity index (χ0v) is 17.9. The third kappa shape index (κ3) is 3.70. The van der Waals surface area contributed by atoms with Crippen molar-refractivity contribution < 1.29 is 23.5 Å². The van der Waals surface area contributed by atoms with E-state index in [0.717, 1.165) is 10.5 Å². The number of hydrogen-bond acceptors (Lipinski definition) is 6. The summed E-state index contributed by atoms with van der Waals surface area (Å²) in [4.78, 5) is 31.1. The molecule has 1 N–H and O–H groups in total. The zero-order chi connectivity index (χ0) is 22.2. The molecule has 3 aromatic rings. The molecule has 1 atom stereocenters. The summed E-state index contributed by atoms with van der Waals surface area (Å²) in [5, 5.41) is 3.37. The molecule has 1 unspecified atom stereocenters. The number of oxazole rings is 1. The number of benzene rings is 2. The lowest BCUT2D eigenvalue weighted by Crippen LogP contribution is -2.40.